The number of hydrogen-bond acceptors (Lipinski definition) is 12. The molecule has 12 heterocycles. The average Bonchev–Trinajstić information content (AvgIpc) is 4.26. The van der Waals surface area contributed by atoms with Crippen molar-refractivity contribution >= 4 is 0 Å². The van der Waals surface area contributed by atoms with Gasteiger partial charge in [0.25, 0.3) is 0 Å². The normalized spacial score (nSPS) is 9.39. The zero-order valence-corrected chi connectivity index (χ0v) is 42.6. The Balaban J connectivity index is 0.000000179. The molecule has 0 aliphatic heterocycles. The molecule has 348 valence electrons. The SMILES string of the molecule is [Pt+2].[Pt+2].[Pt+2].c1ccc(-c2cc[n-]n2)nc1.c1ccc(-c2cc[n-]n2)nc1.c1ccc(-c2ccn[n-]2)nc1.c1ccc(-c2ccn[n-]2)nc1.c1ccc(-c2ccn[n-]2)nc1.c1ccc(-c2ccn[n-]2)nc1. The fourth-order valence-corrected chi connectivity index (χ4v) is 5.30. The molecule has 0 amide bonds. The van der Waals surface area contributed by atoms with Crippen LogP contribution in [0.3, 0.4) is 0 Å². The summed E-state index contributed by atoms with van der Waals surface area (Å²) in [7, 11) is 0. The Bertz CT molecular complexity index is 2430. The zero-order chi connectivity index (χ0) is 45.1. The van der Waals surface area contributed by atoms with Gasteiger partial charge < -0.3 is 61.2 Å². The molecule has 0 spiro atoms. The van der Waals surface area contributed by atoms with Crippen molar-refractivity contribution in [2.24, 2.45) is 0 Å². The van der Waals surface area contributed by atoms with E-state index in [9.17, 15) is 0 Å². The molecular formula is C48H36N18Pt3. The molecule has 69 heavy (non-hydrogen) atoms. The fourth-order valence-electron chi connectivity index (χ4n) is 5.30. The van der Waals surface area contributed by atoms with Gasteiger partial charge in [0.05, 0.1) is 22.8 Å². The van der Waals surface area contributed by atoms with E-state index in [4.69, 9.17) is 0 Å². The van der Waals surface area contributed by atoms with Crippen LogP contribution >= 0.6 is 0 Å². The Hall–Kier alpha value is -7.78. The average molecular weight is 1450 g/mol. The summed E-state index contributed by atoms with van der Waals surface area (Å²) in [5.41, 5.74) is 10.1. The van der Waals surface area contributed by atoms with Crippen molar-refractivity contribution in [3.63, 3.8) is 0 Å². The predicted octanol–water partition coefficient (Wildman–Crippen LogP) is 6.60. The molecule has 0 aliphatic carbocycles. The fraction of sp³-hybridized carbons (Fsp3) is 0. The first-order valence-electron chi connectivity index (χ1n) is 19.9. The van der Waals surface area contributed by atoms with E-state index in [1.54, 1.807) is 74.4 Å². The first-order chi connectivity index (χ1) is 32.8. The Morgan fingerprint density at radius 1 is 0.232 bits per heavy atom. The smallest absolute Gasteiger partial charge is 0.581 e. The van der Waals surface area contributed by atoms with Gasteiger partial charge in [0.15, 0.2) is 0 Å². The summed E-state index contributed by atoms with van der Waals surface area (Å²) in [4.78, 5) is 24.7. The zero-order valence-electron chi connectivity index (χ0n) is 35.8. The second-order valence-corrected chi connectivity index (χ2v) is 12.8. The first-order valence-corrected chi connectivity index (χ1v) is 19.9. The van der Waals surface area contributed by atoms with Crippen LogP contribution in [0, 0.1) is 0 Å². The summed E-state index contributed by atoms with van der Waals surface area (Å²) in [5.74, 6) is 0. The molecule has 0 saturated carbocycles. The van der Waals surface area contributed by atoms with E-state index in [1.807, 2.05) is 146 Å². The van der Waals surface area contributed by atoms with Crippen molar-refractivity contribution in [1.82, 2.24) is 91.1 Å². The summed E-state index contributed by atoms with van der Waals surface area (Å²) in [6.07, 6.45) is 20.4. The Labute approximate surface area is 439 Å². The van der Waals surface area contributed by atoms with Gasteiger partial charge in [-0.3, -0.25) is 29.9 Å². The maximum absolute atomic E-state index is 4.12. The molecular weight excluding hydrogens is 1410 g/mol. The van der Waals surface area contributed by atoms with Crippen molar-refractivity contribution in [2.75, 3.05) is 0 Å². The molecule has 0 fully saturated rings. The maximum Gasteiger partial charge on any atom is 2.00 e. The van der Waals surface area contributed by atoms with Gasteiger partial charge in [0.2, 0.25) is 0 Å². The van der Waals surface area contributed by atoms with E-state index >= 15 is 0 Å². The molecule has 18 nitrogen and oxygen atoms in total. The number of rotatable bonds is 6. The molecule has 12 aromatic rings. The number of hydrogen-bond donors (Lipinski definition) is 0. The van der Waals surface area contributed by atoms with Gasteiger partial charge in [-0.1, -0.05) is 95.6 Å². The van der Waals surface area contributed by atoms with Crippen LogP contribution in [0.15, 0.2) is 220 Å². The molecule has 0 aromatic carbocycles. The molecule has 0 unspecified atom stereocenters. The quantitative estimate of drug-likeness (QED) is 0.170. The first kappa shape index (κ1) is 53.8. The van der Waals surface area contributed by atoms with Crippen molar-refractivity contribution in [3.05, 3.63) is 220 Å². The van der Waals surface area contributed by atoms with E-state index in [-0.39, 0.29) is 63.2 Å². The third kappa shape index (κ3) is 18.1. The van der Waals surface area contributed by atoms with Gasteiger partial charge in [-0.25, -0.2) is 0 Å². The summed E-state index contributed by atoms with van der Waals surface area (Å²) in [5, 5.41) is 45.5. The van der Waals surface area contributed by atoms with Gasteiger partial charge in [-0.15, -0.1) is 0 Å². The molecule has 0 N–H and O–H groups in total. The van der Waals surface area contributed by atoms with Gasteiger partial charge >= 0.3 is 63.2 Å². The van der Waals surface area contributed by atoms with E-state index in [2.05, 4.69) is 91.1 Å². The van der Waals surface area contributed by atoms with Gasteiger partial charge in [-0.2, -0.15) is 12.4 Å². The topological polar surface area (TPSA) is 239 Å². The predicted molar refractivity (Wildman–Crippen MR) is 245 cm³/mol. The Morgan fingerprint density at radius 2 is 0.478 bits per heavy atom. The summed E-state index contributed by atoms with van der Waals surface area (Å²) in [6.45, 7) is 0. The number of nitrogens with zero attached hydrogens (tertiary/aromatic N) is 18. The van der Waals surface area contributed by atoms with Crippen LogP contribution in [-0.4, -0.2) is 60.5 Å². The minimum atomic E-state index is 0. The Kier molecular flexibility index (Phi) is 24.4. The van der Waals surface area contributed by atoms with E-state index in [0.29, 0.717) is 0 Å². The van der Waals surface area contributed by atoms with Crippen molar-refractivity contribution in [2.45, 2.75) is 0 Å². The van der Waals surface area contributed by atoms with Crippen LogP contribution in [0.4, 0.5) is 0 Å². The second kappa shape index (κ2) is 31.2. The third-order valence-corrected chi connectivity index (χ3v) is 8.35. The van der Waals surface area contributed by atoms with E-state index < -0.39 is 0 Å². The summed E-state index contributed by atoms with van der Waals surface area (Å²) in [6, 6.07) is 45.3. The maximum atomic E-state index is 4.12. The number of aromatic nitrogens is 18. The standard InChI is InChI=1S/6C8H6N3.3Pt/c6*1-2-5-9-7(3-1)8-4-6-10-11-8;;;/h6*1-6H;;;/q6*-1;3*+2. The molecule has 12 aromatic heterocycles. The largest absolute Gasteiger partial charge is 2.00 e. The third-order valence-electron chi connectivity index (χ3n) is 8.35. The molecule has 0 saturated heterocycles. The van der Waals surface area contributed by atoms with Crippen LogP contribution in [0.1, 0.15) is 0 Å². The van der Waals surface area contributed by atoms with Crippen molar-refractivity contribution in [3.8, 4) is 68.3 Å². The minimum absolute atomic E-state index is 0. The summed E-state index contributed by atoms with van der Waals surface area (Å²) >= 11 is 0. The van der Waals surface area contributed by atoms with Crippen LogP contribution in [0.5, 0.6) is 0 Å². The number of pyridine rings is 6. The Morgan fingerprint density at radius 3 is 0.652 bits per heavy atom. The molecule has 12 rings (SSSR count). The summed E-state index contributed by atoms with van der Waals surface area (Å²) < 4.78 is 0. The van der Waals surface area contributed by atoms with Gasteiger partial charge in [0.1, 0.15) is 0 Å². The van der Waals surface area contributed by atoms with Gasteiger partial charge in [-0.05, 0) is 72.8 Å². The van der Waals surface area contributed by atoms with Crippen LogP contribution in [0.25, 0.3) is 68.3 Å². The molecule has 0 aliphatic rings. The molecule has 0 bridgehead atoms. The van der Waals surface area contributed by atoms with Crippen molar-refractivity contribution in [1.29, 1.82) is 0 Å². The minimum Gasteiger partial charge on any atom is -0.581 e. The molecule has 0 atom stereocenters. The van der Waals surface area contributed by atoms with Crippen LogP contribution < -0.4 is 30.6 Å². The monoisotopic (exact) mass is 1450 g/mol. The van der Waals surface area contributed by atoms with Crippen molar-refractivity contribution < 1.29 is 63.2 Å². The van der Waals surface area contributed by atoms with E-state index in [0.717, 1.165) is 68.3 Å². The van der Waals surface area contributed by atoms with Crippen LogP contribution in [-0.2, 0) is 63.2 Å². The van der Waals surface area contributed by atoms with Gasteiger partial charge in [0, 0.05) is 84.7 Å². The molecule has 0 radical (unpaired) electrons. The molecule has 21 heteroatoms. The van der Waals surface area contributed by atoms with Crippen LogP contribution in [0.2, 0.25) is 0 Å². The second-order valence-electron chi connectivity index (χ2n) is 12.8. The van der Waals surface area contributed by atoms with E-state index in [1.165, 1.54) is 0 Å².